The largest absolute Gasteiger partial charge is 0.480 e. The molecule has 1 aromatic heterocycles. The molecular formula is C14H12Br2N2O3. The number of carbonyl (C=O) groups is 2. The Morgan fingerprint density at radius 3 is 2.48 bits per heavy atom. The first-order chi connectivity index (χ1) is 9.93. The number of carbonyl (C=O) groups excluding carboxylic acids is 1. The Morgan fingerprint density at radius 2 is 1.90 bits per heavy atom. The van der Waals surface area contributed by atoms with Gasteiger partial charge in [-0.05, 0) is 63.3 Å². The number of carboxylic acid groups (broad SMARTS) is 1. The Labute approximate surface area is 137 Å². The number of halogens is 2. The van der Waals surface area contributed by atoms with E-state index in [9.17, 15) is 14.7 Å². The van der Waals surface area contributed by atoms with Crippen LogP contribution in [0.3, 0.4) is 0 Å². The highest BCUT2D eigenvalue weighted by atomic mass is 79.9. The zero-order valence-electron chi connectivity index (χ0n) is 10.9. The lowest BCUT2D eigenvalue weighted by molar-refractivity contribution is -0.148. The summed E-state index contributed by atoms with van der Waals surface area (Å²) in [5.41, 5.74) is 0.159. The summed E-state index contributed by atoms with van der Waals surface area (Å²) in [6, 6.07) is 3.70. The van der Waals surface area contributed by atoms with Crippen molar-refractivity contribution in [2.75, 3.05) is 0 Å². The summed E-state index contributed by atoms with van der Waals surface area (Å²) in [7, 11) is 0. The fraction of sp³-hybridized carbons (Fsp3) is 0.286. The van der Waals surface area contributed by atoms with Gasteiger partial charge >= 0.3 is 5.97 Å². The first-order valence-corrected chi connectivity index (χ1v) is 8.03. The normalized spacial score (nSPS) is 16.5. The Bertz CT molecular complexity index is 750. The van der Waals surface area contributed by atoms with Crippen LogP contribution in [0.15, 0.2) is 27.3 Å². The number of amides is 1. The number of rotatable bonds is 3. The molecule has 1 aromatic carbocycles. The number of aliphatic carboxylic acids is 1. The molecule has 3 rings (SSSR count). The van der Waals surface area contributed by atoms with Crippen molar-refractivity contribution in [1.29, 1.82) is 0 Å². The van der Waals surface area contributed by atoms with Crippen molar-refractivity contribution < 1.29 is 14.7 Å². The van der Waals surface area contributed by atoms with Crippen LogP contribution in [0.5, 0.6) is 0 Å². The first-order valence-electron chi connectivity index (χ1n) is 6.45. The molecule has 3 N–H and O–H groups in total. The third-order valence-electron chi connectivity index (χ3n) is 3.94. The van der Waals surface area contributed by atoms with Crippen molar-refractivity contribution in [3.8, 4) is 0 Å². The molecule has 110 valence electrons. The summed E-state index contributed by atoms with van der Waals surface area (Å²) in [5, 5.41) is 12.7. The van der Waals surface area contributed by atoms with E-state index >= 15 is 0 Å². The van der Waals surface area contributed by atoms with Crippen LogP contribution < -0.4 is 5.32 Å². The quantitative estimate of drug-likeness (QED) is 0.718. The molecule has 1 fully saturated rings. The number of nitrogens with one attached hydrogen (secondary N) is 2. The molecule has 7 heteroatoms. The van der Waals surface area contributed by atoms with Crippen molar-refractivity contribution in [2.45, 2.75) is 24.8 Å². The topological polar surface area (TPSA) is 82.2 Å². The third-order valence-corrected chi connectivity index (χ3v) is 5.78. The van der Waals surface area contributed by atoms with Crippen LogP contribution in [-0.2, 0) is 4.79 Å². The summed E-state index contributed by atoms with van der Waals surface area (Å²) >= 11 is 6.81. The van der Waals surface area contributed by atoms with Gasteiger partial charge < -0.3 is 15.4 Å². The maximum Gasteiger partial charge on any atom is 0.329 e. The molecule has 1 aliphatic rings. The average Bonchev–Trinajstić information content (AvgIpc) is 2.76. The van der Waals surface area contributed by atoms with Crippen molar-refractivity contribution in [3.05, 3.63) is 32.8 Å². The lowest BCUT2D eigenvalue weighted by atomic mass is 9.76. The van der Waals surface area contributed by atoms with Crippen LogP contribution in [-0.4, -0.2) is 27.5 Å². The number of carboxylic acids is 1. The van der Waals surface area contributed by atoms with Crippen LogP contribution in [0.2, 0.25) is 0 Å². The second-order valence-corrected chi connectivity index (χ2v) is 6.92. The smallest absolute Gasteiger partial charge is 0.329 e. The molecular weight excluding hydrogens is 404 g/mol. The zero-order chi connectivity index (χ0) is 15.2. The van der Waals surface area contributed by atoms with Gasteiger partial charge in [0, 0.05) is 26.0 Å². The minimum absolute atomic E-state index is 0.363. The van der Waals surface area contributed by atoms with Gasteiger partial charge in [0.15, 0.2) is 0 Å². The number of aromatic nitrogens is 1. The average molecular weight is 416 g/mol. The fourth-order valence-corrected chi connectivity index (χ4v) is 3.20. The summed E-state index contributed by atoms with van der Waals surface area (Å²) in [4.78, 5) is 26.8. The van der Waals surface area contributed by atoms with E-state index in [-0.39, 0.29) is 5.91 Å². The van der Waals surface area contributed by atoms with Crippen LogP contribution >= 0.6 is 31.9 Å². The van der Waals surface area contributed by atoms with Crippen molar-refractivity contribution in [1.82, 2.24) is 10.3 Å². The molecule has 5 nitrogen and oxygen atoms in total. The van der Waals surface area contributed by atoms with E-state index in [1.54, 1.807) is 6.20 Å². The second-order valence-electron chi connectivity index (χ2n) is 5.21. The molecule has 1 heterocycles. The van der Waals surface area contributed by atoms with Crippen LogP contribution in [0.1, 0.15) is 29.6 Å². The fourth-order valence-electron chi connectivity index (χ4n) is 2.51. The van der Waals surface area contributed by atoms with Gasteiger partial charge in [-0.1, -0.05) is 0 Å². The highest BCUT2D eigenvalue weighted by molar-refractivity contribution is 9.13. The predicted octanol–water partition coefficient (Wildman–Crippen LogP) is 3.43. The third kappa shape index (κ3) is 2.38. The molecule has 1 saturated carbocycles. The lowest BCUT2D eigenvalue weighted by Gasteiger charge is -2.38. The molecule has 1 aliphatic carbocycles. The van der Waals surface area contributed by atoms with E-state index in [1.807, 2.05) is 12.1 Å². The highest BCUT2D eigenvalue weighted by Gasteiger charge is 2.45. The maximum absolute atomic E-state index is 12.4. The summed E-state index contributed by atoms with van der Waals surface area (Å²) in [6.45, 7) is 0. The Hall–Kier alpha value is -1.34. The number of hydrogen-bond donors (Lipinski definition) is 3. The SMILES string of the molecule is O=C(NC1(C(=O)O)CCC1)c1c[nH]c2cc(Br)c(Br)cc12. The van der Waals surface area contributed by atoms with Gasteiger partial charge in [0.25, 0.3) is 5.91 Å². The molecule has 0 radical (unpaired) electrons. The lowest BCUT2D eigenvalue weighted by Crippen LogP contribution is -2.59. The van der Waals surface area contributed by atoms with E-state index in [1.165, 1.54) is 0 Å². The van der Waals surface area contributed by atoms with Gasteiger partial charge in [-0.15, -0.1) is 0 Å². The van der Waals surface area contributed by atoms with Gasteiger partial charge in [-0.3, -0.25) is 4.79 Å². The van der Waals surface area contributed by atoms with Gasteiger partial charge in [-0.25, -0.2) is 4.79 Å². The molecule has 0 atom stereocenters. The second kappa shape index (κ2) is 5.14. The van der Waals surface area contributed by atoms with E-state index in [0.717, 1.165) is 26.3 Å². The van der Waals surface area contributed by atoms with E-state index in [0.29, 0.717) is 18.4 Å². The van der Waals surface area contributed by atoms with Gasteiger partial charge in [0.05, 0.1) is 5.56 Å². The highest BCUT2D eigenvalue weighted by Crippen LogP contribution is 2.34. The first kappa shape index (κ1) is 14.6. The maximum atomic E-state index is 12.4. The van der Waals surface area contributed by atoms with Gasteiger partial charge in [-0.2, -0.15) is 0 Å². The molecule has 1 amide bonds. The Morgan fingerprint density at radius 1 is 1.24 bits per heavy atom. The summed E-state index contributed by atoms with van der Waals surface area (Å²) in [6.07, 6.45) is 3.38. The van der Waals surface area contributed by atoms with Crippen molar-refractivity contribution in [3.63, 3.8) is 0 Å². The monoisotopic (exact) mass is 414 g/mol. The number of fused-ring (bicyclic) bond motifs is 1. The number of aromatic amines is 1. The predicted molar refractivity (Wildman–Crippen MR) is 85.4 cm³/mol. The van der Waals surface area contributed by atoms with Crippen LogP contribution in [0, 0.1) is 0 Å². The molecule has 0 unspecified atom stereocenters. The molecule has 0 saturated heterocycles. The van der Waals surface area contributed by atoms with Gasteiger partial charge in [0.1, 0.15) is 5.54 Å². The molecule has 21 heavy (non-hydrogen) atoms. The molecule has 0 bridgehead atoms. The van der Waals surface area contributed by atoms with Gasteiger partial charge in [0.2, 0.25) is 0 Å². The van der Waals surface area contributed by atoms with Crippen LogP contribution in [0.4, 0.5) is 0 Å². The summed E-state index contributed by atoms with van der Waals surface area (Å²) < 4.78 is 1.71. The standard InChI is InChI=1S/C14H12Br2N2O3/c15-9-4-7-8(6-17-11(7)5-10(9)16)12(19)18-14(13(20)21)2-1-3-14/h4-6,17H,1-3H2,(H,18,19)(H,20,21). The minimum Gasteiger partial charge on any atom is -0.480 e. The Kier molecular flexibility index (Phi) is 3.57. The molecule has 2 aromatic rings. The summed E-state index contributed by atoms with van der Waals surface area (Å²) in [5.74, 6) is -1.33. The Balaban J connectivity index is 1.95. The zero-order valence-corrected chi connectivity index (χ0v) is 14.0. The van der Waals surface area contributed by atoms with Crippen LogP contribution in [0.25, 0.3) is 10.9 Å². The van der Waals surface area contributed by atoms with E-state index in [4.69, 9.17) is 0 Å². The van der Waals surface area contributed by atoms with Crippen molar-refractivity contribution in [2.24, 2.45) is 0 Å². The molecule has 0 aliphatic heterocycles. The molecule has 0 spiro atoms. The number of benzene rings is 1. The number of hydrogen-bond acceptors (Lipinski definition) is 2. The number of H-pyrrole nitrogens is 1. The van der Waals surface area contributed by atoms with E-state index in [2.05, 4.69) is 42.2 Å². The minimum atomic E-state index is -1.10. The van der Waals surface area contributed by atoms with Crippen molar-refractivity contribution >= 4 is 54.6 Å². The van der Waals surface area contributed by atoms with E-state index < -0.39 is 11.5 Å².